The van der Waals surface area contributed by atoms with Crippen LogP contribution in [0.15, 0.2) is 30.3 Å². The van der Waals surface area contributed by atoms with Gasteiger partial charge in [-0.15, -0.1) is 0 Å². The normalized spacial score (nSPS) is 14.8. The highest BCUT2D eigenvalue weighted by molar-refractivity contribution is 5.23. The molecular formula is C23H40O2. The molecule has 1 N–H and O–H groups in total. The van der Waals surface area contributed by atoms with E-state index in [2.05, 4.69) is 85.7 Å². The largest absolute Gasteiger partial charge is 0.396 e. The third-order valence-electron chi connectivity index (χ3n) is 6.06. The molecule has 1 aromatic rings. The predicted molar refractivity (Wildman–Crippen MR) is 108 cm³/mol. The third-order valence-corrected chi connectivity index (χ3v) is 6.06. The van der Waals surface area contributed by atoms with Crippen LogP contribution in [0.5, 0.6) is 0 Å². The second-order valence-electron chi connectivity index (χ2n) is 9.72. The van der Waals surface area contributed by atoms with Gasteiger partial charge < -0.3 is 9.84 Å². The summed E-state index contributed by atoms with van der Waals surface area (Å²) in [6.07, 6.45) is 1.83. The summed E-state index contributed by atoms with van der Waals surface area (Å²) in [6.45, 7) is 19.0. The van der Waals surface area contributed by atoms with Crippen molar-refractivity contribution in [1.29, 1.82) is 0 Å². The molecule has 0 bridgehead atoms. The maximum Gasteiger partial charge on any atom is 0.0648 e. The fraction of sp³-hybridized carbons (Fsp3) is 0.739. The summed E-state index contributed by atoms with van der Waals surface area (Å²) in [5, 5.41) is 9.25. The molecule has 0 aliphatic heterocycles. The van der Waals surface area contributed by atoms with E-state index in [-0.39, 0.29) is 23.0 Å². The van der Waals surface area contributed by atoms with Gasteiger partial charge in [0.2, 0.25) is 0 Å². The van der Waals surface area contributed by atoms with Crippen LogP contribution in [0.4, 0.5) is 0 Å². The summed E-state index contributed by atoms with van der Waals surface area (Å²) in [6, 6.07) is 10.9. The Kier molecular flexibility index (Phi) is 7.71. The van der Waals surface area contributed by atoms with Crippen molar-refractivity contribution in [3.8, 4) is 0 Å². The van der Waals surface area contributed by atoms with E-state index in [1.165, 1.54) is 12.0 Å². The lowest BCUT2D eigenvalue weighted by Gasteiger charge is -2.49. The van der Waals surface area contributed by atoms with E-state index in [4.69, 9.17) is 4.74 Å². The van der Waals surface area contributed by atoms with Crippen LogP contribution >= 0.6 is 0 Å². The summed E-state index contributed by atoms with van der Waals surface area (Å²) in [4.78, 5) is 0. The van der Waals surface area contributed by atoms with Gasteiger partial charge in [-0.05, 0) is 54.9 Å². The quantitative estimate of drug-likeness (QED) is 0.558. The first kappa shape index (κ1) is 22.2. The van der Waals surface area contributed by atoms with Crippen LogP contribution in [-0.4, -0.2) is 23.9 Å². The number of aliphatic hydroxyl groups excluding tert-OH is 1. The second-order valence-corrected chi connectivity index (χ2v) is 9.72. The van der Waals surface area contributed by atoms with Gasteiger partial charge in [0.1, 0.15) is 0 Å². The number of ether oxygens (including phenoxy) is 1. The zero-order valence-electron chi connectivity index (χ0n) is 17.7. The van der Waals surface area contributed by atoms with Crippen LogP contribution < -0.4 is 0 Å². The molecule has 1 unspecified atom stereocenters. The van der Waals surface area contributed by atoms with Crippen molar-refractivity contribution in [2.75, 3.05) is 13.2 Å². The van der Waals surface area contributed by atoms with Crippen LogP contribution in [0.2, 0.25) is 0 Å². The zero-order valence-corrected chi connectivity index (χ0v) is 17.7. The summed E-state index contributed by atoms with van der Waals surface area (Å²) in [5.74, 6) is 1.13. The fourth-order valence-electron chi connectivity index (χ4n) is 3.38. The number of benzene rings is 1. The third kappa shape index (κ3) is 6.11. The van der Waals surface area contributed by atoms with E-state index in [0.29, 0.717) is 24.9 Å². The van der Waals surface area contributed by atoms with Crippen LogP contribution in [0.25, 0.3) is 0 Å². The van der Waals surface area contributed by atoms with E-state index in [9.17, 15) is 5.11 Å². The van der Waals surface area contributed by atoms with Gasteiger partial charge in [0, 0.05) is 6.61 Å². The molecule has 0 saturated heterocycles. The first-order chi connectivity index (χ1) is 11.4. The van der Waals surface area contributed by atoms with Crippen LogP contribution in [0.1, 0.15) is 79.7 Å². The molecule has 1 rings (SSSR count). The smallest absolute Gasteiger partial charge is 0.0648 e. The van der Waals surface area contributed by atoms with Crippen molar-refractivity contribution >= 4 is 0 Å². The summed E-state index contributed by atoms with van der Waals surface area (Å²) >= 11 is 0. The van der Waals surface area contributed by atoms with E-state index < -0.39 is 0 Å². The standard InChI is InChI=1S/C23H40O2/c1-18(2)16-20(19-12-10-9-11-13-19)23(7,8)21(3,4)17-25-22(5,6)14-15-24/h9-13,18,20,24H,14-17H2,1-8H3. The van der Waals surface area contributed by atoms with Gasteiger partial charge in [-0.25, -0.2) is 0 Å². The lowest BCUT2D eigenvalue weighted by molar-refractivity contribution is -0.101. The molecule has 144 valence electrons. The highest BCUT2D eigenvalue weighted by Gasteiger charge is 2.44. The molecule has 0 aliphatic carbocycles. The molecule has 2 nitrogen and oxygen atoms in total. The van der Waals surface area contributed by atoms with Crippen molar-refractivity contribution in [1.82, 2.24) is 0 Å². The summed E-state index contributed by atoms with van der Waals surface area (Å²) < 4.78 is 6.25. The highest BCUT2D eigenvalue weighted by Crippen LogP contribution is 2.51. The molecule has 0 saturated carbocycles. The Morgan fingerprint density at radius 2 is 1.52 bits per heavy atom. The van der Waals surface area contributed by atoms with Gasteiger partial charge in [-0.3, -0.25) is 0 Å². The maximum absolute atomic E-state index is 9.25. The maximum atomic E-state index is 9.25. The predicted octanol–water partition coefficient (Wildman–Crippen LogP) is 6.05. The van der Waals surface area contributed by atoms with E-state index >= 15 is 0 Å². The van der Waals surface area contributed by atoms with Crippen LogP contribution in [-0.2, 0) is 4.74 Å². The van der Waals surface area contributed by atoms with Crippen molar-refractivity contribution in [3.63, 3.8) is 0 Å². The Balaban J connectivity index is 3.05. The second kappa shape index (κ2) is 8.68. The number of aliphatic hydroxyl groups is 1. The Hall–Kier alpha value is -0.860. The number of hydrogen-bond donors (Lipinski definition) is 1. The molecule has 0 spiro atoms. The molecule has 0 heterocycles. The molecule has 0 radical (unpaired) electrons. The Bertz CT molecular complexity index is 500. The van der Waals surface area contributed by atoms with Gasteiger partial charge in [0.15, 0.2) is 0 Å². The molecule has 1 aromatic carbocycles. The van der Waals surface area contributed by atoms with Gasteiger partial charge in [0.25, 0.3) is 0 Å². The lowest BCUT2D eigenvalue weighted by Crippen LogP contribution is -2.43. The van der Waals surface area contributed by atoms with Crippen molar-refractivity contribution in [3.05, 3.63) is 35.9 Å². The summed E-state index contributed by atoms with van der Waals surface area (Å²) in [5.41, 5.74) is 1.22. The topological polar surface area (TPSA) is 29.5 Å². The van der Waals surface area contributed by atoms with E-state index in [0.717, 1.165) is 0 Å². The SMILES string of the molecule is CC(C)CC(c1ccccc1)C(C)(C)C(C)(C)COC(C)(C)CCO. The Labute approximate surface area is 156 Å². The molecular weight excluding hydrogens is 308 g/mol. The van der Waals surface area contributed by atoms with Crippen LogP contribution in [0, 0.1) is 16.7 Å². The Morgan fingerprint density at radius 3 is 2.00 bits per heavy atom. The molecule has 0 fully saturated rings. The molecule has 0 amide bonds. The minimum absolute atomic E-state index is 0.00905. The van der Waals surface area contributed by atoms with E-state index in [1.54, 1.807) is 0 Å². The van der Waals surface area contributed by atoms with Crippen molar-refractivity contribution in [2.24, 2.45) is 16.7 Å². The van der Waals surface area contributed by atoms with Crippen molar-refractivity contribution in [2.45, 2.75) is 79.8 Å². The minimum atomic E-state index is -0.289. The van der Waals surface area contributed by atoms with E-state index in [1.807, 2.05) is 0 Å². The first-order valence-electron chi connectivity index (χ1n) is 9.73. The van der Waals surface area contributed by atoms with Crippen molar-refractivity contribution < 1.29 is 9.84 Å². The average molecular weight is 349 g/mol. The van der Waals surface area contributed by atoms with Gasteiger partial charge in [0.05, 0.1) is 12.2 Å². The number of hydrogen-bond acceptors (Lipinski definition) is 2. The fourth-order valence-corrected chi connectivity index (χ4v) is 3.38. The zero-order chi connectivity index (χ0) is 19.3. The molecule has 0 aromatic heterocycles. The van der Waals surface area contributed by atoms with Crippen LogP contribution in [0.3, 0.4) is 0 Å². The molecule has 2 heteroatoms. The highest BCUT2D eigenvalue weighted by atomic mass is 16.5. The first-order valence-corrected chi connectivity index (χ1v) is 9.73. The minimum Gasteiger partial charge on any atom is -0.396 e. The molecule has 0 aliphatic rings. The van der Waals surface area contributed by atoms with Gasteiger partial charge in [-0.2, -0.15) is 0 Å². The average Bonchev–Trinajstić information content (AvgIpc) is 2.51. The monoisotopic (exact) mass is 348 g/mol. The molecule has 1 atom stereocenters. The molecule has 25 heavy (non-hydrogen) atoms. The van der Waals surface area contributed by atoms with Gasteiger partial charge >= 0.3 is 0 Å². The van der Waals surface area contributed by atoms with Gasteiger partial charge in [-0.1, -0.05) is 71.9 Å². The Morgan fingerprint density at radius 1 is 0.960 bits per heavy atom. The summed E-state index contributed by atoms with van der Waals surface area (Å²) in [7, 11) is 0. The number of rotatable bonds is 10. The lowest BCUT2D eigenvalue weighted by atomic mass is 9.58.